The van der Waals surface area contributed by atoms with Crippen molar-refractivity contribution < 1.29 is 28.1 Å². The van der Waals surface area contributed by atoms with Gasteiger partial charge in [0.1, 0.15) is 29.7 Å². The lowest BCUT2D eigenvalue weighted by atomic mass is 9.76. The van der Waals surface area contributed by atoms with Crippen molar-refractivity contribution in [1.82, 2.24) is 29.4 Å². The number of aliphatic hydroxyl groups excluding tert-OH is 2. The largest absolute Gasteiger partial charge is 0.573 e. The summed E-state index contributed by atoms with van der Waals surface area (Å²) in [6, 6.07) is 6.26. The number of aromatic amines is 1. The summed E-state index contributed by atoms with van der Waals surface area (Å²) in [6.07, 6.45) is 1.44. The number of halogens is 3. The molecule has 0 radical (unpaired) electrons. The van der Waals surface area contributed by atoms with Crippen molar-refractivity contribution in [3.63, 3.8) is 0 Å². The molecule has 2 fully saturated rings. The lowest BCUT2D eigenvalue weighted by Gasteiger charge is -2.42. The van der Waals surface area contributed by atoms with Gasteiger partial charge in [0, 0.05) is 42.6 Å². The summed E-state index contributed by atoms with van der Waals surface area (Å²) in [5.74, 6) is 0.958. The number of hydrogen-bond acceptors (Lipinski definition) is 7. The molecule has 3 aromatic heterocycles. The molecule has 4 atom stereocenters. The number of ether oxygens (including phenoxy) is 1. The van der Waals surface area contributed by atoms with Crippen molar-refractivity contribution in [2.24, 2.45) is 11.8 Å². The van der Waals surface area contributed by atoms with E-state index in [-0.39, 0.29) is 17.7 Å². The summed E-state index contributed by atoms with van der Waals surface area (Å²) >= 11 is 0. The number of alkyl halides is 3. The van der Waals surface area contributed by atoms with Gasteiger partial charge in [-0.1, -0.05) is 0 Å². The van der Waals surface area contributed by atoms with E-state index in [9.17, 15) is 23.4 Å². The molecule has 12 heteroatoms. The van der Waals surface area contributed by atoms with Crippen LogP contribution in [-0.4, -0.2) is 77.8 Å². The second-order valence-electron chi connectivity index (χ2n) is 11.3. The molecule has 9 nitrogen and oxygen atoms in total. The second-order valence-corrected chi connectivity index (χ2v) is 11.3. The number of H-pyrrole nitrogens is 1. The van der Waals surface area contributed by atoms with Gasteiger partial charge < -0.3 is 29.4 Å². The molecule has 0 spiro atoms. The molecule has 1 aromatic carbocycles. The lowest BCUT2D eigenvalue weighted by Crippen LogP contribution is -2.46. The minimum Gasteiger partial charge on any atom is -0.406 e. The van der Waals surface area contributed by atoms with Crippen LogP contribution >= 0.6 is 0 Å². The summed E-state index contributed by atoms with van der Waals surface area (Å²) in [5.41, 5.74) is 2.80. The molecule has 2 saturated carbocycles. The number of aryl methyl sites for hydroxylation is 2. The predicted octanol–water partition coefficient (Wildman–Crippen LogP) is 4.14. The van der Waals surface area contributed by atoms with E-state index in [2.05, 4.69) is 36.6 Å². The molecular formula is C28H33F3N6O3. The Morgan fingerprint density at radius 2 is 1.93 bits per heavy atom. The van der Waals surface area contributed by atoms with Gasteiger partial charge in [-0.15, -0.1) is 13.2 Å². The van der Waals surface area contributed by atoms with E-state index in [1.807, 2.05) is 23.8 Å². The van der Waals surface area contributed by atoms with Gasteiger partial charge in [0.25, 0.3) is 0 Å². The van der Waals surface area contributed by atoms with Crippen LogP contribution in [0.15, 0.2) is 36.8 Å². The molecule has 2 aliphatic carbocycles. The fourth-order valence-electron chi connectivity index (χ4n) is 6.43. The zero-order valence-corrected chi connectivity index (χ0v) is 22.3. The molecule has 3 N–H and O–H groups in total. The number of nitrogens with one attached hydrogen (secondary N) is 1. The Balaban J connectivity index is 0.999. The van der Waals surface area contributed by atoms with E-state index in [0.29, 0.717) is 42.4 Å². The summed E-state index contributed by atoms with van der Waals surface area (Å²) in [4.78, 5) is 18.6. The topological polar surface area (TPSA) is 112 Å². The van der Waals surface area contributed by atoms with Crippen LogP contribution < -0.4 is 4.74 Å². The highest BCUT2D eigenvalue weighted by atomic mass is 19.4. The first kappa shape index (κ1) is 27.0. The van der Waals surface area contributed by atoms with Crippen molar-refractivity contribution in [1.29, 1.82) is 0 Å². The molecule has 214 valence electrons. The SMILES string of the molecule is Cc1ncnc2c1ccn2[C@@H]1C[C@H](CN(C)C2CC(CCc3nc4cc(OC(F)(F)F)ccc4[nH]3)C2)[C@@H](O)[C@H]1O. The highest BCUT2D eigenvalue weighted by Crippen LogP contribution is 2.40. The zero-order chi connectivity index (χ0) is 28.2. The van der Waals surface area contributed by atoms with Crippen LogP contribution in [0.2, 0.25) is 0 Å². The van der Waals surface area contributed by atoms with Crippen molar-refractivity contribution in [2.75, 3.05) is 13.6 Å². The first-order valence-corrected chi connectivity index (χ1v) is 13.6. The predicted molar refractivity (Wildman–Crippen MR) is 142 cm³/mol. The standard InChI is InChI=1S/C28H33F3N6O3/c1-15-20-7-8-37(27(20)33-14-32-15)23-11-17(25(38)26(23)39)13-36(2)18-9-16(10-18)3-6-24-34-21-5-4-19(12-22(21)35-24)40-28(29,30)31/h4-5,7-8,12,14,16-18,23,25-26,38-39H,3,6,9-11,13H2,1-2H3,(H,34,35)/t16?,17-,18?,23-,25-,26+/m1/s1. The Morgan fingerprint density at radius 3 is 2.70 bits per heavy atom. The van der Waals surface area contributed by atoms with E-state index >= 15 is 0 Å². The molecular weight excluding hydrogens is 525 g/mol. The average molecular weight is 559 g/mol. The minimum atomic E-state index is -4.73. The van der Waals surface area contributed by atoms with Gasteiger partial charge >= 0.3 is 6.36 Å². The Hall–Kier alpha value is -3.22. The van der Waals surface area contributed by atoms with Crippen molar-refractivity contribution in [3.05, 3.63) is 48.3 Å². The molecule has 3 heterocycles. The summed E-state index contributed by atoms with van der Waals surface area (Å²) in [7, 11) is 2.08. The second kappa shape index (κ2) is 10.3. The number of imidazole rings is 1. The van der Waals surface area contributed by atoms with Gasteiger partial charge in [-0.2, -0.15) is 0 Å². The average Bonchev–Trinajstić information content (AvgIpc) is 3.54. The third-order valence-corrected chi connectivity index (χ3v) is 8.72. The van der Waals surface area contributed by atoms with Crippen LogP contribution in [0.4, 0.5) is 13.2 Å². The maximum absolute atomic E-state index is 12.5. The molecule has 40 heavy (non-hydrogen) atoms. The molecule has 2 aliphatic rings. The molecule has 0 bridgehead atoms. The first-order valence-electron chi connectivity index (χ1n) is 13.6. The van der Waals surface area contributed by atoms with Crippen molar-refractivity contribution in [3.8, 4) is 5.75 Å². The van der Waals surface area contributed by atoms with E-state index in [0.717, 1.165) is 41.8 Å². The molecule has 0 aliphatic heterocycles. The van der Waals surface area contributed by atoms with Gasteiger partial charge in [0.2, 0.25) is 0 Å². The molecule has 0 amide bonds. The summed E-state index contributed by atoms with van der Waals surface area (Å²) in [5, 5.41) is 22.7. The highest BCUT2D eigenvalue weighted by Gasteiger charge is 2.44. The number of rotatable bonds is 8. The minimum absolute atomic E-state index is 0.0498. The maximum Gasteiger partial charge on any atom is 0.573 e. The Morgan fingerprint density at radius 1 is 1.12 bits per heavy atom. The smallest absolute Gasteiger partial charge is 0.406 e. The van der Waals surface area contributed by atoms with Crippen LogP contribution in [-0.2, 0) is 6.42 Å². The number of fused-ring (bicyclic) bond motifs is 2. The molecule has 0 unspecified atom stereocenters. The summed E-state index contributed by atoms with van der Waals surface area (Å²) < 4.78 is 43.4. The Bertz CT molecular complexity index is 1500. The van der Waals surface area contributed by atoms with Crippen LogP contribution in [0.1, 0.15) is 43.2 Å². The van der Waals surface area contributed by atoms with E-state index in [4.69, 9.17) is 0 Å². The van der Waals surface area contributed by atoms with Gasteiger partial charge in [-0.3, -0.25) is 0 Å². The number of aromatic nitrogens is 5. The first-order chi connectivity index (χ1) is 19.1. The van der Waals surface area contributed by atoms with E-state index < -0.39 is 18.6 Å². The number of aliphatic hydroxyl groups is 2. The van der Waals surface area contributed by atoms with E-state index in [1.54, 1.807) is 6.07 Å². The lowest BCUT2D eigenvalue weighted by molar-refractivity contribution is -0.274. The number of hydrogen-bond donors (Lipinski definition) is 3. The third kappa shape index (κ3) is 5.27. The fraction of sp³-hybridized carbons (Fsp3) is 0.536. The fourth-order valence-corrected chi connectivity index (χ4v) is 6.43. The zero-order valence-electron chi connectivity index (χ0n) is 22.3. The van der Waals surface area contributed by atoms with Crippen LogP contribution in [0.5, 0.6) is 5.75 Å². The number of nitrogens with zero attached hydrogens (tertiary/aromatic N) is 5. The van der Waals surface area contributed by atoms with Gasteiger partial charge in [0.05, 0.1) is 28.9 Å². The highest BCUT2D eigenvalue weighted by molar-refractivity contribution is 5.78. The van der Waals surface area contributed by atoms with Gasteiger partial charge in [0.15, 0.2) is 0 Å². The monoisotopic (exact) mass is 558 g/mol. The van der Waals surface area contributed by atoms with Crippen molar-refractivity contribution >= 4 is 22.1 Å². The quantitative estimate of drug-likeness (QED) is 0.298. The molecule has 6 rings (SSSR count). The molecule has 4 aromatic rings. The van der Waals surface area contributed by atoms with Gasteiger partial charge in [-0.05, 0) is 63.8 Å². The van der Waals surface area contributed by atoms with E-state index in [1.165, 1.54) is 18.5 Å². The maximum atomic E-state index is 12.5. The summed E-state index contributed by atoms with van der Waals surface area (Å²) in [6.45, 7) is 2.63. The Labute approximate surface area is 229 Å². The van der Waals surface area contributed by atoms with Crippen LogP contribution in [0.25, 0.3) is 22.1 Å². The molecule has 0 saturated heterocycles. The third-order valence-electron chi connectivity index (χ3n) is 8.72. The van der Waals surface area contributed by atoms with Crippen molar-refractivity contribution in [2.45, 2.75) is 69.7 Å². The van der Waals surface area contributed by atoms with Crippen LogP contribution in [0, 0.1) is 18.8 Å². The van der Waals surface area contributed by atoms with Gasteiger partial charge in [-0.25, -0.2) is 15.0 Å². The number of benzene rings is 1. The normalized spacial score (nSPS) is 27.1. The Kier molecular flexibility index (Phi) is 6.96. The van der Waals surface area contributed by atoms with Crippen LogP contribution in [0.3, 0.4) is 0 Å².